The second-order valence-corrected chi connectivity index (χ2v) is 4.90. The molecule has 0 fully saturated rings. The Bertz CT molecular complexity index is 546. The van der Waals surface area contributed by atoms with Crippen LogP contribution in [0.3, 0.4) is 0 Å². The lowest BCUT2D eigenvalue weighted by Gasteiger charge is -2.09. The predicted molar refractivity (Wildman–Crippen MR) is 80.2 cm³/mol. The summed E-state index contributed by atoms with van der Waals surface area (Å²) in [6, 6.07) is 9.66. The Kier molecular flexibility index (Phi) is 4.35. The van der Waals surface area contributed by atoms with Crippen LogP contribution in [0.5, 0.6) is 11.6 Å². The number of hydrogen-bond acceptors (Lipinski definition) is 4. The number of para-hydroxylation sites is 1. The molecule has 0 saturated heterocycles. The number of halogens is 1. The number of aryl methyl sites for hydroxylation is 1. The molecule has 0 radical (unpaired) electrons. The van der Waals surface area contributed by atoms with E-state index >= 15 is 0 Å². The van der Waals surface area contributed by atoms with Crippen molar-refractivity contribution in [1.29, 1.82) is 0 Å². The van der Waals surface area contributed by atoms with Crippen molar-refractivity contribution in [2.24, 2.45) is 0 Å². The van der Waals surface area contributed by atoms with Gasteiger partial charge in [0.25, 0.3) is 0 Å². The molecule has 2 rings (SSSR count). The van der Waals surface area contributed by atoms with E-state index in [1.54, 1.807) is 0 Å². The zero-order valence-electron chi connectivity index (χ0n) is 10.3. The van der Waals surface area contributed by atoms with Gasteiger partial charge in [-0.05, 0) is 48.6 Å². The summed E-state index contributed by atoms with van der Waals surface area (Å²) in [4.78, 5) is 8.60. The first-order chi connectivity index (χ1) is 8.69. The number of anilines is 1. The van der Waals surface area contributed by atoms with Crippen molar-refractivity contribution >= 4 is 28.5 Å². The minimum Gasteiger partial charge on any atom is -0.438 e. The average molecular weight is 355 g/mol. The van der Waals surface area contributed by atoms with E-state index in [4.69, 9.17) is 4.74 Å². The standard InChI is InChI=1S/C13H14IN3O/c1-3-15-13-16-9(2)8-12(17-13)18-11-7-5-4-6-10(11)14/h4-8H,3H2,1-2H3,(H,15,16,17). The molecule has 4 nitrogen and oxygen atoms in total. The lowest BCUT2D eigenvalue weighted by molar-refractivity contribution is 0.458. The summed E-state index contributed by atoms with van der Waals surface area (Å²) in [5.74, 6) is 1.96. The van der Waals surface area contributed by atoms with Crippen molar-refractivity contribution < 1.29 is 4.74 Å². The van der Waals surface area contributed by atoms with Crippen LogP contribution < -0.4 is 10.1 Å². The summed E-state index contributed by atoms with van der Waals surface area (Å²) in [7, 11) is 0. The fraction of sp³-hybridized carbons (Fsp3) is 0.231. The van der Waals surface area contributed by atoms with E-state index in [2.05, 4.69) is 37.9 Å². The third-order valence-corrected chi connectivity index (χ3v) is 3.11. The molecule has 0 atom stereocenters. The molecule has 18 heavy (non-hydrogen) atoms. The van der Waals surface area contributed by atoms with Gasteiger partial charge >= 0.3 is 0 Å². The quantitative estimate of drug-likeness (QED) is 0.852. The lowest BCUT2D eigenvalue weighted by atomic mass is 10.3. The van der Waals surface area contributed by atoms with Gasteiger partial charge in [0.2, 0.25) is 11.8 Å². The molecular formula is C13H14IN3O. The van der Waals surface area contributed by atoms with E-state index < -0.39 is 0 Å². The van der Waals surface area contributed by atoms with Gasteiger partial charge in [-0.3, -0.25) is 0 Å². The molecule has 1 heterocycles. The van der Waals surface area contributed by atoms with Crippen LogP contribution in [0.1, 0.15) is 12.6 Å². The Morgan fingerprint density at radius 1 is 1.28 bits per heavy atom. The highest BCUT2D eigenvalue weighted by Crippen LogP contribution is 2.25. The Morgan fingerprint density at radius 2 is 2.06 bits per heavy atom. The molecule has 0 unspecified atom stereocenters. The Balaban J connectivity index is 2.26. The Morgan fingerprint density at radius 3 is 2.78 bits per heavy atom. The van der Waals surface area contributed by atoms with Crippen LogP contribution in [0, 0.1) is 10.5 Å². The number of nitrogens with one attached hydrogen (secondary N) is 1. The Labute approximate surface area is 120 Å². The highest BCUT2D eigenvalue weighted by atomic mass is 127. The van der Waals surface area contributed by atoms with Gasteiger partial charge < -0.3 is 10.1 Å². The number of ether oxygens (including phenoxy) is 1. The molecule has 0 bridgehead atoms. The van der Waals surface area contributed by atoms with E-state index in [1.807, 2.05) is 44.2 Å². The van der Waals surface area contributed by atoms with Gasteiger partial charge in [0.05, 0.1) is 3.57 Å². The van der Waals surface area contributed by atoms with Crippen LogP contribution in [0.4, 0.5) is 5.95 Å². The lowest BCUT2D eigenvalue weighted by Crippen LogP contribution is -2.04. The summed E-state index contributed by atoms with van der Waals surface area (Å²) in [6.07, 6.45) is 0. The number of nitrogens with zero attached hydrogens (tertiary/aromatic N) is 2. The maximum absolute atomic E-state index is 5.78. The summed E-state index contributed by atoms with van der Waals surface area (Å²) < 4.78 is 6.83. The van der Waals surface area contributed by atoms with Gasteiger partial charge in [-0.1, -0.05) is 12.1 Å². The van der Waals surface area contributed by atoms with E-state index in [-0.39, 0.29) is 0 Å². The minimum absolute atomic E-state index is 0.558. The molecule has 0 aliphatic heterocycles. The first kappa shape index (κ1) is 13.1. The zero-order chi connectivity index (χ0) is 13.0. The van der Waals surface area contributed by atoms with Crippen molar-refractivity contribution in [3.63, 3.8) is 0 Å². The molecule has 5 heteroatoms. The minimum atomic E-state index is 0.558. The van der Waals surface area contributed by atoms with Crippen molar-refractivity contribution in [3.8, 4) is 11.6 Å². The third-order valence-electron chi connectivity index (χ3n) is 2.22. The van der Waals surface area contributed by atoms with Gasteiger partial charge in [-0.25, -0.2) is 4.98 Å². The van der Waals surface area contributed by atoms with Crippen LogP contribution in [-0.4, -0.2) is 16.5 Å². The first-order valence-electron chi connectivity index (χ1n) is 5.71. The normalized spacial score (nSPS) is 10.2. The fourth-order valence-corrected chi connectivity index (χ4v) is 1.97. The first-order valence-corrected chi connectivity index (χ1v) is 6.79. The van der Waals surface area contributed by atoms with Gasteiger partial charge in [-0.2, -0.15) is 4.98 Å². The van der Waals surface area contributed by atoms with Gasteiger partial charge in [-0.15, -0.1) is 0 Å². The topological polar surface area (TPSA) is 47.0 Å². The summed E-state index contributed by atoms with van der Waals surface area (Å²) in [6.45, 7) is 4.71. The number of aromatic nitrogens is 2. The van der Waals surface area contributed by atoms with Crippen molar-refractivity contribution in [3.05, 3.63) is 39.6 Å². The molecule has 0 aliphatic carbocycles. The maximum Gasteiger partial charge on any atom is 0.226 e. The zero-order valence-corrected chi connectivity index (χ0v) is 12.4. The molecule has 0 saturated carbocycles. The van der Waals surface area contributed by atoms with Crippen molar-refractivity contribution in [2.45, 2.75) is 13.8 Å². The van der Waals surface area contributed by atoms with E-state index in [1.165, 1.54) is 0 Å². The maximum atomic E-state index is 5.78. The summed E-state index contributed by atoms with van der Waals surface area (Å²) in [5, 5.41) is 3.09. The second-order valence-electron chi connectivity index (χ2n) is 3.73. The van der Waals surface area contributed by atoms with Crippen molar-refractivity contribution in [1.82, 2.24) is 9.97 Å². The van der Waals surface area contributed by atoms with Gasteiger partial charge in [0.15, 0.2) is 0 Å². The van der Waals surface area contributed by atoms with Crippen molar-refractivity contribution in [2.75, 3.05) is 11.9 Å². The molecule has 0 spiro atoms. The number of rotatable bonds is 4. The molecule has 1 aromatic carbocycles. The van der Waals surface area contributed by atoms with E-state index in [0.29, 0.717) is 11.8 Å². The largest absolute Gasteiger partial charge is 0.438 e. The molecular weight excluding hydrogens is 341 g/mol. The summed E-state index contributed by atoms with van der Waals surface area (Å²) >= 11 is 2.24. The summed E-state index contributed by atoms with van der Waals surface area (Å²) in [5.41, 5.74) is 0.877. The molecule has 94 valence electrons. The smallest absolute Gasteiger partial charge is 0.226 e. The molecule has 1 aromatic heterocycles. The van der Waals surface area contributed by atoms with Crippen LogP contribution in [0.15, 0.2) is 30.3 Å². The number of hydrogen-bond donors (Lipinski definition) is 1. The predicted octanol–water partition coefficient (Wildman–Crippen LogP) is 3.61. The van der Waals surface area contributed by atoms with Crippen LogP contribution in [-0.2, 0) is 0 Å². The fourth-order valence-electron chi connectivity index (χ4n) is 1.47. The van der Waals surface area contributed by atoms with Crippen LogP contribution in [0.2, 0.25) is 0 Å². The highest BCUT2D eigenvalue weighted by Gasteiger charge is 2.05. The van der Waals surface area contributed by atoms with Crippen LogP contribution >= 0.6 is 22.6 Å². The number of benzene rings is 1. The molecule has 0 aliphatic rings. The highest BCUT2D eigenvalue weighted by molar-refractivity contribution is 14.1. The van der Waals surface area contributed by atoms with Gasteiger partial charge in [0, 0.05) is 18.3 Å². The van der Waals surface area contributed by atoms with Crippen LogP contribution in [0.25, 0.3) is 0 Å². The average Bonchev–Trinajstić information content (AvgIpc) is 2.32. The van der Waals surface area contributed by atoms with E-state index in [9.17, 15) is 0 Å². The Hall–Kier alpha value is -1.37. The van der Waals surface area contributed by atoms with E-state index in [0.717, 1.165) is 21.6 Å². The molecule has 1 N–H and O–H groups in total. The molecule has 0 amide bonds. The molecule has 2 aromatic rings. The monoisotopic (exact) mass is 355 g/mol. The third kappa shape index (κ3) is 3.32. The van der Waals surface area contributed by atoms with Gasteiger partial charge in [0.1, 0.15) is 5.75 Å². The second kappa shape index (κ2) is 5.99. The SMILES string of the molecule is CCNc1nc(C)cc(Oc2ccccc2I)n1.